The number of hydroxylamine groups is 2. The SMILES string of the molecule is CCCCCCCCCCc1ccc(NC(=O)C2CC(=O)N(O)C2=O)cc1. The highest BCUT2D eigenvalue weighted by Gasteiger charge is 2.42. The molecule has 3 amide bonds. The number of unbranched alkanes of at least 4 members (excludes halogenated alkanes) is 7. The van der Waals surface area contributed by atoms with E-state index in [4.69, 9.17) is 0 Å². The van der Waals surface area contributed by atoms with Gasteiger partial charge in [0, 0.05) is 5.69 Å². The van der Waals surface area contributed by atoms with Gasteiger partial charge in [-0.2, -0.15) is 5.06 Å². The second-order valence-electron chi connectivity index (χ2n) is 7.21. The Hall–Kier alpha value is -2.21. The molecule has 6 nitrogen and oxygen atoms in total. The van der Waals surface area contributed by atoms with Crippen LogP contribution in [0.1, 0.15) is 70.3 Å². The number of rotatable bonds is 11. The van der Waals surface area contributed by atoms with E-state index >= 15 is 0 Å². The summed E-state index contributed by atoms with van der Waals surface area (Å²) in [4.78, 5) is 35.0. The maximum atomic E-state index is 12.1. The Kier molecular flexibility index (Phi) is 8.45. The van der Waals surface area contributed by atoms with Crippen molar-refractivity contribution in [3.8, 4) is 0 Å². The first-order valence-corrected chi connectivity index (χ1v) is 9.98. The Balaban J connectivity index is 1.68. The van der Waals surface area contributed by atoms with Crippen molar-refractivity contribution in [2.75, 3.05) is 5.32 Å². The quantitative estimate of drug-likeness (QED) is 0.264. The maximum absolute atomic E-state index is 12.1. The van der Waals surface area contributed by atoms with Crippen molar-refractivity contribution in [3.05, 3.63) is 29.8 Å². The molecule has 0 radical (unpaired) electrons. The van der Waals surface area contributed by atoms with Gasteiger partial charge in [0.1, 0.15) is 5.92 Å². The number of imide groups is 1. The van der Waals surface area contributed by atoms with Gasteiger partial charge in [-0.05, 0) is 30.5 Å². The van der Waals surface area contributed by atoms with Crippen LogP contribution in [0.25, 0.3) is 0 Å². The average Bonchev–Trinajstić information content (AvgIpc) is 2.92. The lowest BCUT2D eigenvalue weighted by atomic mass is 10.0. The van der Waals surface area contributed by atoms with Crippen molar-refractivity contribution < 1.29 is 19.6 Å². The molecule has 0 aliphatic carbocycles. The second kappa shape index (κ2) is 10.8. The highest BCUT2D eigenvalue weighted by molar-refractivity contribution is 6.15. The number of carbonyl (C=O) groups is 3. The molecule has 0 spiro atoms. The van der Waals surface area contributed by atoms with Crippen LogP contribution in [0.15, 0.2) is 24.3 Å². The molecule has 2 rings (SSSR count). The third-order valence-electron chi connectivity index (χ3n) is 4.98. The summed E-state index contributed by atoms with van der Waals surface area (Å²) < 4.78 is 0. The maximum Gasteiger partial charge on any atom is 0.266 e. The van der Waals surface area contributed by atoms with E-state index in [2.05, 4.69) is 12.2 Å². The van der Waals surface area contributed by atoms with Gasteiger partial charge >= 0.3 is 0 Å². The summed E-state index contributed by atoms with van der Waals surface area (Å²) in [7, 11) is 0. The van der Waals surface area contributed by atoms with Crippen LogP contribution in [-0.2, 0) is 20.8 Å². The van der Waals surface area contributed by atoms with Crippen molar-refractivity contribution in [1.82, 2.24) is 5.06 Å². The minimum absolute atomic E-state index is 0.0250. The number of nitrogens with one attached hydrogen (secondary N) is 1. The molecule has 1 unspecified atom stereocenters. The highest BCUT2D eigenvalue weighted by atomic mass is 16.5. The van der Waals surface area contributed by atoms with Gasteiger partial charge in [-0.25, -0.2) is 0 Å². The third-order valence-corrected chi connectivity index (χ3v) is 4.98. The molecule has 0 aromatic heterocycles. The van der Waals surface area contributed by atoms with E-state index in [1.165, 1.54) is 50.5 Å². The van der Waals surface area contributed by atoms with E-state index in [-0.39, 0.29) is 11.5 Å². The summed E-state index contributed by atoms with van der Waals surface area (Å²) in [6.07, 6.45) is 11.0. The van der Waals surface area contributed by atoms with E-state index in [0.717, 1.165) is 12.8 Å². The molecular weight excluding hydrogens is 344 g/mol. The fraction of sp³-hybridized carbons (Fsp3) is 0.571. The molecule has 1 aliphatic heterocycles. The van der Waals surface area contributed by atoms with Crippen LogP contribution in [0.3, 0.4) is 0 Å². The number of carbonyl (C=O) groups excluding carboxylic acids is 3. The summed E-state index contributed by atoms with van der Waals surface area (Å²) in [6.45, 7) is 2.23. The molecule has 27 heavy (non-hydrogen) atoms. The zero-order valence-corrected chi connectivity index (χ0v) is 16.1. The first-order chi connectivity index (χ1) is 13.0. The van der Waals surface area contributed by atoms with Crippen LogP contribution < -0.4 is 5.32 Å². The van der Waals surface area contributed by atoms with Crippen molar-refractivity contribution in [2.24, 2.45) is 5.92 Å². The zero-order valence-electron chi connectivity index (χ0n) is 16.1. The molecule has 2 N–H and O–H groups in total. The van der Waals surface area contributed by atoms with Crippen LogP contribution in [-0.4, -0.2) is 28.0 Å². The molecule has 6 heteroatoms. The molecule has 1 aliphatic rings. The van der Waals surface area contributed by atoms with Crippen molar-refractivity contribution in [3.63, 3.8) is 0 Å². The Labute approximate surface area is 160 Å². The first-order valence-electron chi connectivity index (χ1n) is 9.98. The molecule has 1 atom stereocenters. The van der Waals surface area contributed by atoms with Gasteiger partial charge in [0.25, 0.3) is 11.8 Å². The zero-order chi connectivity index (χ0) is 19.6. The number of aryl methyl sites for hydroxylation is 1. The van der Waals surface area contributed by atoms with E-state index < -0.39 is 23.6 Å². The minimum Gasteiger partial charge on any atom is -0.325 e. The predicted molar refractivity (Wildman–Crippen MR) is 103 cm³/mol. The van der Waals surface area contributed by atoms with Crippen molar-refractivity contribution >= 4 is 23.4 Å². The van der Waals surface area contributed by atoms with Crippen LogP contribution in [0, 0.1) is 5.92 Å². The molecule has 0 saturated carbocycles. The fourth-order valence-electron chi connectivity index (χ4n) is 3.27. The molecule has 1 aromatic carbocycles. The summed E-state index contributed by atoms with van der Waals surface area (Å²) in [5.41, 5.74) is 1.80. The largest absolute Gasteiger partial charge is 0.325 e. The average molecular weight is 374 g/mol. The van der Waals surface area contributed by atoms with Gasteiger partial charge in [0.15, 0.2) is 0 Å². The number of benzene rings is 1. The van der Waals surface area contributed by atoms with Crippen LogP contribution in [0.4, 0.5) is 5.69 Å². The monoisotopic (exact) mass is 374 g/mol. The Bertz CT molecular complexity index is 642. The molecule has 1 heterocycles. The molecular formula is C21H30N2O4. The minimum atomic E-state index is -1.15. The Morgan fingerprint density at radius 2 is 1.63 bits per heavy atom. The number of hydrogen-bond donors (Lipinski definition) is 2. The summed E-state index contributed by atoms with van der Waals surface area (Å²) in [5.74, 6) is -3.34. The summed E-state index contributed by atoms with van der Waals surface area (Å²) in [5, 5.41) is 11.9. The summed E-state index contributed by atoms with van der Waals surface area (Å²) >= 11 is 0. The van der Waals surface area contributed by atoms with Gasteiger partial charge in [-0.15, -0.1) is 0 Å². The van der Waals surface area contributed by atoms with E-state index in [1.54, 1.807) is 12.1 Å². The lowest BCUT2D eigenvalue weighted by Gasteiger charge is -2.10. The van der Waals surface area contributed by atoms with Crippen LogP contribution in [0.2, 0.25) is 0 Å². The lowest BCUT2D eigenvalue weighted by Crippen LogP contribution is -2.32. The fourth-order valence-corrected chi connectivity index (χ4v) is 3.27. The standard InChI is InChI=1S/C21H30N2O4/c1-2-3-4-5-6-7-8-9-10-16-11-13-17(14-12-16)22-20(25)18-15-19(24)23(27)21(18)26/h11-14,18,27H,2-10,15H2,1H3,(H,22,25). The topological polar surface area (TPSA) is 86.7 Å². The van der Waals surface area contributed by atoms with Crippen LogP contribution in [0.5, 0.6) is 0 Å². The summed E-state index contributed by atoms with van der Waals surface area (Å²) in [6, 6.07) is 7.54. The molecule has 1 fully saturated rings. The molecule has 0 bridgehead atoms. The lowest BCUT2D eigenvalue weighted by molar-refractivity contribution is -0.172. The first kappa shape index (κ1) is 21.1. The smallest absolute Gasteiger partial charge is 0.266 e. The number of amides is 3. The predicted octanol–water partition coefficient (Wildman–Crippen LogP) is 4.07. The van der Waals surface area contributed by atoms with E-state index in [1.807, 2.05) is 12.1 Å². The highest BCUT2D eigenvalue weighted by Crippen LogP contribution is 2.20. The number of hydrogen-bond acceptors (Lipinski definition) is 4. The van der Waals surface area contributed by atoms with Gasteiger partial charge in [-0.1, -0.05) is 64.0 Å². The third kappa shape index (κ3) is 6.47. The van der Waals surface area contributed by atoms with Gasteiger partial charge in [-0.3, -0.25) is 19.6 Å². The second-order valence-corrected chi connectivity index (χ2v) is 7.21. The molecule has 1 aromatic rings. The van der Waals surface area contributed by atoms with Gasteiger partial charge in [0.2, 0.25) is 5.91 Å². The molecule has 1 saturated heterocycles. The van der Waals surface area contributed by atoms with E-state index in [9.17, 15) is 19.6 Å². The normalized spacial score (nSPS) is 16.8. The van der Waals surface area contributed by atoms with Crippen LogP contribution >= 0.6 is 0 Å². The van der Waals surface area contributed by atoms with Crippen molar-refractivity contribution in [1.29, 1.82) is 0 Å². The van der Waals surface area contributed by atoms with E-state index in [0.29, 0.717) is 5.69 Å². The van der Waals surface area contributed by atoms with Gasteiger partial charge < -0.3 is 5.32 Å². The molecule has 148 valence electrons. The Morgan fingerprint density at radius 1 is 1.04 bits per heavy atom. The van der Waals surface area contributed by atoms with Gasteiger partial charge in [0.05, 0.1) is 6.42 Å². The Morgan fingerprint density at radius 3 is 2.19 bits per heavy atom. The number of anilines is 1. The van der Waals surface area contributed by atoms with Crippen molar-refractivity contribution in [2.45, 2.75) is 71.1 Å². The number of nitrogens with zero attached hydrogens (tertiary/aromatic N) is 1.